The summed E-state index contributed by atoms with van der Waals surface area (Å²) in [6.07, 6.45) is 3.67. The van der Waals surface area contributed by atoms with Gasteiger partial charge in [-0.3, -0.25) is 4.79 Å². The van der Waals surface area contributed by atoms with Gasteiger partial charge in [0.2, 0.25) is 0 Å². The van der Waals surface area contributed by atoms with Crippen molar-refractivity contribution in [1.29, 1.82) is 0 Å². The van der Waals surface area contributed by atoms with Crippen LogP contribution in [-0.4, -0.2) is 18.5 Å². The van der Waals surface area contributed by atoms with Gasteiger partial charge in [-0.15, -0.1) is 0 Å². The summed E-state index contributed by atoms with van der Waals surface area (Å²) < 4.78 is 11.0. The molecule has 0 spiro atoms. The highest BCUT2D eigenvalue weighted by Gasteiger charge is 2.25. The summed E-state index contributed by atoms with van der Waals surface area (Å²) >= 11 is 0. The third-order valence-electron chi connectivity index (χ3n) is 3.15. The standard InChI is InChI=1S/C15H18O3/c1-12-14(16)7-10-18-15(12)8-9-17-11-13-5-3-2-4-6-13/h2-7,10,12,15H,8-9,11H2,1H3/t12-,15-/m1/s1. The molecule has 96 valence electrons. The van der Waals surface area contributed by atoms with Crippen LogP contribution in [0.15, 0.2) is 42.7 Å². The van der Waals surface area contributed by atoms with Crippen molar-refractivity contribution >= 4 is 5.78 Å². The third-order valence-corrected chi connectivity index (χ3v) is 3.15. The van der Waals surface area contributed by atoms with Crippen molar-refractivity contribution in [3.8, 4) is 0 Å². The zero-order valence-electron chi connectivity index (χ0n) is 10.5. The number of carbonyl (C=O) groups is 1. The Labute approximate surface area is 107 Å². The van der Waals surface area contributed by atoms with Gasteiger partial charge < -0.3 is 9.47 Å². The summed E-state index contributed by atoms with van der Waals surface area (Å²) in [7, 11) is 0. The zero-order valence-corrected chi connectivity index (χ0v) is 10.5. The third kappa shape index (κ3) is 3.44. The fourth-order valence-electron chi connectivity index (χ4n) is 1.94. The van der Waals surface area contributed by atoms with Gasteiger partial charge in [-0.2, -0.15) is 0 Å². The van der Waals surface area contributed by atoms with Crippen LogP contribution in [0.25, 0.3) is 0 Å². The highest BCUT2D eigenvalue weighted by atomic mass is 16.5. The van der Waals surface area contributed by atoms with Gasteiger partial charge in [0.15, 0.2) is 5.78 Å². The molecule has 3 nitrogen and oxygen atoms in total. The van der Waals surface area contributed by atoms with Crippen LogP contribution >= 0.6 is 0 Å². The van der Waals surface area contributed by atoms with Crippen molar-refractivity contribution < 1.29 is 14.3 Å². The molecule has 0 saturated heterocycles. The molecule has 0 fully saturated rings. The molecular weight excluding hydrogens is 228 g/mol. The lowest BCUT2D eigenvalue weighted by molar-refractivity contribution is -0.123. The number of ether oxygens (including phenoxy) is 2. The van der Waals surface area contributed by atoms with E-state index in [-0.39, 0.29) is 17.8 Å². The van der Waals surface area contributed by atoms with Gasteiger partial charge in [0.25, 0.3) is 0 Å². The minimum absolute atomic E-state index is 0.0572. The van der Waals surface area contributed by atoms with Gasteiger partial charge in [-0.1, -0.05) is 37.3 Å². The number of ketones is 1. The first kappa shape index (κ1) is 12.8. The predicted molar refractivity (Wildman–Crippen MR) is 68.9 cm³/mol. The van der Waals surface area contributed by atoms with E-state index < -0.39 is 0 Å². The molecule has 0 radical (unpaired) electrons. The number of allylic oxidation sites excluding steroid dienone is 1. The highest BCUT2D eigenvalue weighted by molar-refractivity contribution is 5.92. The molecule has 0 bridgehead atoms. The molecule has 0 N–H and O–H groups in total. The zero-order chi connectivity index (χ0) is 12.8. The van der Waals surface area contributed by atoms with Gasteiger partial charge in [0, 0.05) is 12.5 Å². The molecule has 1 aliphatic rings. The van der Waals surface area contributed by atoms with Crippen molar-refractivity contribution in [1.82, 2.24) is 0 Å². The second kappa shape index (κ2) is 6.36. The van der Waals surface area contributed by atoms with Crippen LogP contribution in [-0.2, 0) is 20.9 Å². The average Bonchev–Trinajstić information content (AvgIpc) is 2.40. The minimum Gasteiger partial charge on any atom is -0.497 e. The molecule has 0 saturated carbocycles. The quantitative estimate of drug-likeness (QED) is 0.749. The van der Waals surface area contributed by atoms with Gasteiger partial charge in [0.05, 0.1) is 25.4 Å². The Morgan fingerprint density at radius 2 is 2.06 bits per heavy atom. The van der Waals surface area contributed by atoms with Crippen LogP contribution in [0.2, 0.25) is 0 Å². The van der Waals surface area contributed by atoms with Crippen molar-refractivity contribution in [2.24, 2.45) is 5.92 Å². The molecule has 3 heteroatoms. The lowest BCUT2D eigenvalue weighted by Crippen LogP contribution is -2.30. The van der Waals surface area contributed by atoms with E-state index in [9.17, 15) is 4.79 Å². The molecule has 0 aliphatic carbocycles. The summed E-state index contributed by atoms with van der Waals surface area (Å²) in [5.41, 5.74) is 1.16. The van der Waals surface area contributed by atoms with E-state index in [4.69, 9.17) is 9.47 Å². The molecular formula is C15H18O3. The van der Waals surface area contributed by atoms with Gasteiger partial charge in [-0.05, 0) is 5.56 Å². The Bertz CT molecular complexity index is 411. The Hall–Kier alpha value is -1.61. The summed E-state index contributed by atoms with van der Waals surface area (Å²) in [4.78, 5) is 11.5. The van der Waals surface area contributed by atoms with Gasteiger partial charge in [0.1, 0.15) is 6.10 Å². The second-order valence-corrected chi connectivity index (χ2v) is 4.50. The Morgan fingerprint density at radius 1 is 1.28 bits per heavy atom. The van der Waals surface area contributed by atoms with E-state index in [1.807, 2.05) is 37.3 Å². The molecule has 18 heavy (non-hydrogen) atoms. The molecule has 1 aliphatic heterocycles. The van der Waals surface area contributed by atoms with Crippen LogP contribution in [0, 0.1) is 5.92 Å². The fourth-order valence-corrected chi connectivity index (χ4v) is 1.94. The molecule has 1 aromatic carbocycles. The Kier molecular flexibility index (Phi) is 4.53. The van der Waals surface area contributed by atoms with E-state index in [0.29, 0.717) is 13.2 Å². The fraction of sp³-hybridized carbons (Fsp3) is 0.400. The molecule has 0 unspecified atom stereocenters. The summed E-state index contributed by atoms with van der Waals surface area (Å²) in [6.45, 7) is 3.10. The predicted octanol–water partition coefficient (Wildman–Crippen LogP) is 2.71. The van der Waals surface area contributed by atoms with E-state index in [2.05, 4.69) is 0 Å². The van der Waals surface area contributed by atoms with E-state index in [0.717, 1.165) is 12.0 Å². The van der Waals surface area contributed by atoms with E-state index >= 15 is 0 Å². The van der Waals surface area contributed by atoms with Crippen molar-refractivity contribution in [3.05, 3.63) is 48.2 Å². The molecule has 1 aromatic rings. The summed E-state index contributed by atoms with van der Waals surface area (Å²) in [5.74, 6) is 0.0598. The van der Waals surface area contributed by atoms with E-state index in [1.165, 1.54) is 12.3 Å². The number of hydrogen-bond acceptors (Lipinski definition) is 3. The first-order valence-electron chi connectivity index (χ1n) is 6.25. The lowest BCUT2D eigenvalue weighted by Gasteiger charge is -2.24. The highest BCUT2D eigenvalue weighted by Crippen LogP contribution is 2.18. The monoisotopic (exact) mass is 246 g/mol. The van der Waals surface area contributed by atoms with Crippen LogP contribution in [0.4, 0.5) is 0 Å². The normalized spacial score (nSPS) is 22.8. The van der Waals surface area contributed by atoms with Crippen LogP contribution in [0.5, 0.6) is 0 Å². The number of rotatable bonds is 5. The van der Waals surface area contributed by atoms with Gasteiger partial charge >= 0.3 is 0 Å². The summed E-state index contributed by atoms with van der Waals surface area (Å²) in [5, 5.41) is 0. The molecule has 1 heterocycles. The van der Waals surface area contributed by atoms with Gasteiger partial charge in [-0.25, -0.2) is 0 Å². The average molecular weight is 246 g/mol. The first-order valence-corrected chi connectivity index (χ1v) is 6.25. The summed E-state index contributed by atoms with van der Waals surface area (Å²) in [6, 6.07) is 10.0. The van der Waals surface area contributed by atoms with Crippen molar-refractivity contribution in [2.75, 3.05) is 6.61 Å². The SMILES string of the molecule is C[C@@H]1C(=O)C=CO[C@@H]1CCOCc1ccccc1. The number of benzene rings is 1. The topological polar surface area (TPSA) is 35.5 Å². The maximum absolute atomic E-state index is 11.5. The molecule has 2 atom stereocenters. The molecule has 0 amide bonds. The second-order valence-electron chi connectivity index (χ2n) is 4.50. The van der Waals surface area contributed by atoms with Crippen LogP contribution in [0.3, 0.4) is 0 Å². The largest absolute Gasteiger partial charge is 0.497 e. The first-order chi connectivity index (χ1) is 8.77. The maximum atomic E-state index is 11.5. The molecule has 2 rings (SSSR count). The van der Waals surface area contributed by atoms with Crippen molar-refractivity contribution in [3.63, 3.8) is 0 Å². The smallest absolute Gasteiger partial charge is 0.165 e. The van der Waals surface area contributed by atoms with Crippen molar-refractivity contribution in [2.45, 2.75) is 26.1 Å². The van der Waals surface area contributed by atoms with Crippen LogP contribution < -0.4 is 0 Å². The number of hydrogen-bond donors (Lipinski definition) is 0. The lowest BCUT2D eigenvalue weighted by atomic mass is 9.96. The molecule has 0 aromatic heterocycles. The Balaban J connectivity index is 1.70. The van der Waals surface area contributed by atoms with E-state index in [1.54, 1.807) is 0 Å². The Morgan fingerprint density at radius 3 is 2.83 bits per heavy atom. The van der Waals surface area contributed by atoms with Crippen LogP contribution in [0.1, 0.15) is 18.9 Å². The minimum atomic E-state index is -0.0738. The number of carbonyl (C=O) groups excluding carboxylic acids is 1. The maximum Gasteiger partial charge on any atom is 0.165 e.